The van der Waals surface area contributed by atoms with Gasteiger partial charge in [0.2, 0.25) is 0 Å². The van der Waals surface area contributed by atoms with Gasteiger partial charge in [0.15, 0.2) is 0 Å². The molecule has 0 saturated carbocycles. The molecule has 0 spiro atoms. The fourth-order valence-electron chi connectivity index (χ4n) is 2.74. The number of rotatable bonds is 4. The number of nitrogens with zero attached hydrogens (tertiary/aromatic N) is 3. The number of piperazine rings is 1. The summed E-state index contributed by atoms with van der Waals surface area (Å²) < 4.78 is 5.32. The average Bonchev–Trinajstić information content (AvgIpc) is 3.11. The highest BCUT2D eigenvalue weighted by Crippen LogP contribution is 2.13. The fraction of sp³-hybridized carbons (Fsp3) is 0.412. The molecule has 1 atom stereocenters. The number of pyridine rings is 1. The Labute approximate surface area is 136 Å². The van der Waals surface area contributed by atoms with Crippen molar-refractivity contribution >= 4 is 6.03 Å². The van der Waals surface area contributed by atoms with E-state index in [1.54, 1.807) is 12.5 Å². The number of hydrogen-bond donors (Lipinski definition) is 1. The Kier molecular flexibility index (Phi) is 4.92. The molecule has 1 fully saturated rings. The monoisotopic (exact) mass is 314 g/mol. The third-order valence-electron chi connectivity index (χ3n) is 4.10. The maximum atomic E-state index is 12.3. The quantitative estimate of drug-likeness (QED) is 0.940. The van der Waals surface area contributed by atoms with Crippen LogP contribution in [0.15, 0.2) is 47.3 Å². The van der Waals surface area contributed by atoms with Gasteiger partial charge in [0.05, 0.1) is 12.3 Å². The van der Waals surface area contributed by atoms with Crippen molar-refractivity contribution in [2.45, 2.75) is 19.5 Å². The van der Waals surface area contributed by atoms with Gasteiger partial charge in [-0.05, 0) is 30.7 Å². The van der Waals surface area contributed by atoms with Crippen molar-refractivity contribution in [2.75, 3.05) is 26.2 Å². The first kappa shape index (κ1) is 15.6. The molecule has 0 radical (unpaired) electrons. The van der Waals surface area contributed by atoms with Crippen LogP contribution in [-0.2, 0) is 6.54 Å². The Balaban J connectivity index is 1.46. The van der Waals surface area contributed by atoms with Crippen LogP contribution in [0, 0.1) is 0 Å². The summed E-state index contributed by atoms with van der Waals surface area (Å²) in [6, 6.07) is 7.58. The van der Waals surface area contributed by atoms with Gasteiger partial charge in [-0.1, -0.05) is 6.07 Å². The summed E-state index contributed by atoms with van der Waals surface area (Å²) in [5.41, 5.74) is 1.21. The largest absolute Gasteiger partial charge is 0.467 e. The first-order chi connectivity index (χ1) is 11.2. The number of hydrogen-bond acceptors (Lipinski definition) is 4. The van der Waals surface area contributed by atoms with Crippen LogP contribution in [0.3, 0.4) is 0 Å². The smallest absolute Gasteiger partial charge is 0.318 e. The standard InChI is InChI=1S/C17H22N4O2/c1-14(16-5-3-11-23-16)19-17(22)21-9-7-20(8-10-21)13-15-4-2-6-18-12-15/h2-6,11-12,14H,7-10,13H2,1H3,(H,19,22)/t14-/m0/s1. The predicted octanol–water partition coefficient (Wildman–Crippen LogP) is 2.26. The Morgan fingerprint density at radius 2 is 2.13 bits per heavy atom. The van der Waals surface area contributed by atoms with Crippen LogP contribution in [0.5, 0.6) is 0 Å². The van der Waals surface area contributed by atoms with Crippen LogP contribution in [-0.4, -0.2) is 47.0 Å². The molecule has 3 rings (SSSR count). The van der Waals surface area contributed by atoms with Gasteiger partial charge in [0.25, 0.3) is 0 Å². The summed E-state index contributed by atoms with van der Waals surface area (Å²) in [5, 5.41) is 2.98. The first-order valence-corrected chi connectivity index (χ1v) is 7.92. The molecular weight excluding hydrogens is 292 g/mol. The van der Waals surface area contributed by atoms with Gasteiger partial charge in [-0.25, -0.2) is 4.79 Å². The predicted molar refractivity (Wildman–Crippen MR) is 86.7 cm³/mol. The van der Waals surface area contributed by atoms with Gasteiger partial charge in [-0.3, -0.25) is 9.88 Å². The summed E-state index contributed by atoms with van der Waals surface area (Å²) >= 11 is 0. The number of nitrogens with one attached hydrogen (secondary N) is 1. The molecule has 0 bridgehead atoms. The molecule has 2 amide bonds. The number of carbonyl (C=O) groups is 1. The lowest BCUT2D eigenvalue weighted by atomic mass is 10.2. The second kappa shape index (κ2) is 7.28. The topological polar surface area (TPSA) is 61.6 Å². The number of aromatic nitrogens is 1. The second-order valence-corrected chi connectivity index (χ2v) is 5.81. The van der Waals surface area contributed by atoms with Crippen molar-refractivity contribution in [1.82, 2.24) is 20.1 Å². The second-order valence-electron chi connectivity index (χ2n) is 5.81. The van der Waals surface area contributed by atoms with Crippen LogP contribution in [0.2, 0.25) is 0 Å². The van der Waals surface area contributed by atoms with Gasteiger partial charge < -0.3 is 14.6 Å². The molecule has 3 heterocycles. The van der Waals surface area contributed by atoms with Crippen molar-refractivity contribution in [3.8, 4) is 0 Å². The maximum absolute atomic E-state index is 12.3. The van der Waals surface area contributed by atoms with Crippen molar-refractivity contribution in [2.24, 2.45) is 0 Å². The molecule has 2 aromatic rings. The molecule has 0 aliphatic carbocycles. The lowest BCUT2D eigenvalue weighted by Gasteiger charge is -2.35. The van der Waals surface area contributed by atoms with Crippen molar-refractivity contribution in [3.63, 3.8) is 0 Å². The minimum absolute atomic E-state index is 0.0325. The van der Waals surface area contributed by atoms with Crippen molar-refractivity contribution in [1.29, 1.82) is 0 Å². The summed E-state index contributed by atoms with van der Waals surface area (Å²) in [5.74, 6) is 0.772. The maximum Gasteiger partial charge on any atom is 0.318 e. The molecule has 6 nitrogen and oxygen atoms in total. The Hall–Kier alpha value is -2.34. The molecule has 1 aliphatic heterocycles. The van der Waals surface area contributed by atoms with Gasteiger partial charge in [0.1, 0.15) is 5.76 Å². The minimum Gasteiger partial charge on any atom is -0.467 e. The van der Waals surface area contributed by atoms with E-state index in [0.717, 1.165) is 38.5 Å². The highest BCUT2D eigenvalue weighted by molar-refractivity contribution is 5.74. The van der Waals surface area contributed by atoms with Crippen LogP contribution >= 0.6 is 0 Å². The lowest BCUT2D eigenvalue weighted by Crippen LogP contribution is -2.51. The van der Waals surface area contributed by atoms with Crippen LogP contribution in [0.25, 0.3) is 0 Å². The molecular formula is C17H22N4O2. The molecule has 6 heteroatoms. The van der Waals surface area contributed by atoms with Crippen LogP contribution < -0.4 is 5.32 Å². The van der Waals surface area contributed by atoms with Crippen molar-refractivity contribution < 1.29 is 9.21 Å². The Morgan fingerprint density at radius 3 is 2.78 bits per heavy atom. The SMILES string of the molecule is C[C@H](NC(=O)N1CCN(Cc2cccnc2)CC1)c1ccco1. The normalized spacial score (nSPS) is 17.0. The van der Waals surface area contributed by atoms with E-state index in [-0.39, 0.29) is 12.1 Å². The zero-order valence-electron chi connectivity index (χ0n) is 13.3. The first-order valence-electron chi connectivity index (χ1n) is 7.92. The lowest BCUT2D eigenvalue weighted by molar-refractivity contribution is 0.133. The Bertz CT molecular complexity index is 607. The summed E-state index contributed by atoms with van der Waals surface area (Å²) in [4.78, 5) is 20.7. The molecule has 2 aromatic heterocycles. The zero-order valence-corrected chi connectivity index (χ0v) is 13.3. The average molecular weight is 314 g/mol. The van der Waals surface area contributed by atoms with E-state index >= 15 is 0 Å². The molecule has 0 aromatic carbocycles. The molecule has 1 N–H and O–H groups in total. The van der Waals surface area contributed by atoms with E-state index in [1.807, 2.05) is 36.2 Å². The third kappa shape index (κ3) is 4.10. The molecule has 1 saturated heterocycles. The van der Waals surface area contributed by atoms with Crippen molar-refractivity contribution in [3.05, 3.63) is 54.2 Å². The molecule has 0 unspecified atom stereocenters. The van der Waals surface area contributed by atoms with Gasteiger partial charge >= 0.3 is 6.03 Å². The number of urea groups is 1. The van der Waals surface area contributed by atoms with Gasteiger partial charge in [-0.15, -0.1) is 0 Å². The van der Waals surface area contributed by atoms with E-state index in [4.69, 9.17) is 4.42 Å². The number of amides is 2. The highest BCUT2D eigenvalue weighted by Gasteiger charge is 2.22. The Morgan fingerprint density at radius 1 is 1.30 bits per heavy atom. The van der Waals surface area contributed by atoms with Gasteiger partial charge in [-0.2, -0.15) is 0 Å². The number of carbonyl (C=O) groups excluding carboxylic acids is 1. The van der Waals surface area contributed by atoms with E-state index in [2.05, 4.69) is 21.3 Å². The van der Waals surface area contributed by atoms with Crippen LogP contribution in [0.1, 0.15) is 24.3 Å². The van der Waals surface area contributed by atoms with E-state index in [1.165, 1.54) is 5.56 Å². The minimum atomic E-state index is -0.120. The molecule has 1 aliphatic rings. The van der Waals surface area contributed by atoms with E-state index in [9.17, 15) is 4.79 Å². The summed E-state index contributed by atoms with van der Waals surface area (Å²) in [7, 11) is 0. The number of furan rings is 1. The molecule has 122 valence electrons. The zero-order chi connectivity index (χ0) is 16.1. The molecule has 23 heavy (non-hydrogen) atoms. The van der Waals surface area contributed by atoms with Gasteiger partial charge in [0, 0.05) is 45.1 Å². The van der Waals surface area contributed by atoms with Crippen LogP contribution in [0.4, 0.5) is 4.79 Å². The van der Waals surface area contributed by atoms with E-state index < -0.39 is 0 Å². The third-order valence-corrected chi connectivity index (χ3v) is 4.10. The summed E-state index contributed by atoms with van der Waals surface area (Å²) in [6.07, 6.45) is 5.30. The highest BCUT2D eigenvalue weighted by atomic mass is 16.3. The van der Waals surface area contributed by atoms with E-state index in [0.29, 0.717) is 0 Å². The summed E-state index contributed by atoms with van der Waals surface area (Å²) in [6.45, 7) is 6.02. The fourth-order valence-corrected chi connectivity index (χ4v) is 2.74.